The van der Waals surface area contributed by atoms with Gasteiger partial charge in [0.15, 0.2) is 6.30 Å². The van der Waals surface area contributed by atoms with Gasteiger partial charge in [0.05, 0.1) is 5.56 Å². The zero-order chi connectivity index (χ0) is 13.9. The minimum atomic E-state index is -4.38. The predicted molar refractivity (Wildman–Crippen MR) is 64.5 cm³/mol. The number of rotatable bonds is 3. The number of nitrogens with one attached hydrogen (secondary N) is 1. The Balaban J connectivity index is 2.02. The standard InChI is InChI=1S/C13H16F4N2/c14-12(19-6-4-18-5-7-19)9-10-2-1-3-11(8-10)13(15,16)17/h1-3,8,12,18H,4-7,9H2. The number of piperazine rings is 1. The molecule has 1 aliphatic heterocycles. The Morgan fingerprint density at radius 1 is 1.21 bits per heavy atom. The first kappa shape index (κ1) is 14.3. The fourth-order valence-electron chi connectivity index (χ4n) is 2.16. The van der Waals surface area contributed by atoms with Gasteiger partial charge in [0.1, 0.15) is 0 Å². The third kappa shape index (κ3) is 3.91. The molecule has 106 valence electrons. The smallest absolute Gasteiger partial charge is 0.314 e. The maximum atomic E-state index is 14.0. The second-order valence-electron chi connectivity index (χ2n) is 4.62. The van der Waals surface area contributed by atoms with Crippen molar-refractivity contribution in [2.45, 2.75) is 18.9 Å². The van der Waals surface area contributed by atoms with Crippen molar-refractivity contribution >= 4 is 0 Å². The van der Waals surface area contributed by atoms with Crippen LogP contribution in [-0.4, -0.2) is 37.4 Å². The van der Waals surface area contributed by atoms with Crippen molar-refractivity contribution in [2.75, 3.05) is 26.2 Å². The molecule has 0 aromatic heterocycles. The van der Waals surface area contributed by atoms with Crippen LogP contribution in [0.3, 0.4) is 0 Å². The lowest BCUT2D eigenvalue weighted by molar-refractivity contribution is -0.137. The van der Waals surface area contributed by atoms with E-state index in [9.17, 15) is 17.6 Å². The number of nitrogens with zero attached hydrogens (tertiary/aromatic N) is 1. The van der Waals surface area contributed by atoms with E-state index in [1.54, 1.807) is 4.90 Å². The van der Waals surface area contributed by atoms with E-state index in [2.05, 4.69) is 5.32 Å². The van der Waals surface area contributed by atoms with Crippen LogP contribution in [-0.2, 0) is 12.6 Å². The van der Waals surface area contributed by atoms with Crippen LogP contribution in [0, 0.1) is 0 Å². The third-order valence-corrected chi connectivity index (χ3v) is 3.21. The van der Waals surface area contributed by atoms with Gasteiger partial charge in [0.25, 0.3) is 0 Å². The summed E-state index contributed by atoms with van der Waals surface area (Å²) in [6.45, 7) is 2.59. The van der Waals surface area contributed by atoms with Crippen molar-refractivity contribution < 1.29 is 17.6 Å². The molecular formula is C13H16F4N2. The molecule has 1 saturated heterocycles. The van der Waals surface area contributed by atoms with Gasteiger partial charge in [-0.3, -0.25) is 4.90 Å². The molecule has 1 aromatic carbocycles. The largest absolute Gasteiger partial charge is 0.416 e. The number of hydrogen-bond acceptors (Lipinski definition) is 2. The molecule has 0 aliphatic carbocycles. The van der Waals surface area contributed by atoms with Gasteiger partial charge in [-0.25, -0.2) is 4.39 Å². The highest BCUT2D eigenvalue weighted by Crippen LogP contribution is 2.29. The maximum absolute atomic E-state index is 14.0. The van der Waals surface area contributed by atoms with E-state index >= 15 is 0 Å². The Morgan fingerprint density at radius 3 is 2.53 bits per heavy atom. The molecule has 1 aliphatic rings. The molecule has 6 heteroatoms. The number of hydrogen-bond donors (Lipinski definition) is 1. The summed E-state index contributed by atoms with van der Waals surface area (Å²) in [5, 5.41) is 3.11. The van der Waals surface area contributed by atoms with Crippen molar-refractivity contribution in [3.8, 4) is 0 Å². The molecule has 19 heavy (non-hydrogen) atoms. The van der Waals surface area contributed by atoms with E-state index in [1.807, 2.05) is 0 Å². The predicted octanol–water partition coefficient (Wildman–Crippen LogP) is 2.45. The minimum Gasteiger partial charge on any atom is -0.314 e. The second kappa shape index (κ2) is 5.88. The zero-order valence-corrected chi connectivity index (χ0v) is 10.4. The fraction of sp³-hybridized carbons (Fsp3) is 0.538. The first-order valence-corrected chi connectivity index (χ1v) is 6.22. The summed E-state index contributed by atoms with van der Waals surface area (Å²) in [5.41, 5.74) is -0.349. The van der Waals surface area contributed by atoms with Crippen molar-refractivity contribution in [3.05, 3.63) is 35.4 Å². The quantitative estimate of drug-likeness (QED) is 0.674. The van der Waals surface area contributed by atoms with Crippen molar-refractivity contribution in [1.29, 1.82) is 0 Å². The molecule has 0 spiro atoms. The molecule has 2 rings (SSSR count). The lowest BCUT2D eigenvalue weighted by atomic mass is 10.1. The van der Waals surface area contributed by atoms with Crippen LogP contribution in [0.5, 0.6) is 0 Å². The highest BCUT2D eigenvalue weighted by Gasteiger charge is 2.30. The summed E-state index contributed by atoms with van der Waals surface area (Å²) < 4.78 is 51.7. The Morgan fingerprint density at radius 2 is 1.89 bits per heavy atom. The number of halogens is 4. The highest BCUT2D eigenvalue weighted by molar-refractivity contribution is 5.26. The minimum absolute atomic E-state index is 0.0100. The molecule has 0 bridgehead atoms. The number of benzene rings is 1. The monoisotopic (exact) mass is 276 g/mol. The highest BCUT2D eigenvalue weighted by atomic mass is 19.4. The van der Waals surface area contributed by atoms with E-state index in [1.165, 1.54) is 12.1 Å². The van der Waals surface area contributed by atoms with Gasteiger partial charge < -0.3 is 5.32 Å². The Labute approximate surface area is 109 Å². The summed E-state index contributed by atoms with van der Waals surface area (Å²) in [6.07, 6.45) is -5.62. The third-order valence-electron chi connectivity index (χ3n) is 3.21. The van der Waals surface area contributed by atoms with Crippen LogP contribution in [0.1, 0.15) is 11.1 Å². The Bertz CT molecular complexity index is 413. The lowest BCUT2D eigenvalue weighted by Gasteiger charge is -2.30. The van der Waals surface area contributed by atoms with Gasteiger partial charge in [-0.1, -0.05) is 18.2 Å². The van der Waals surface area contributed by atoms with Gasteiger partial charge >= 0.3 is 6.18 Å². The molecule has 1 fully saturated rings. The summed E-state index contributed by atoms with van der Waals surface area (Å²) in [7, 11) is 0. The fourth-order valence-corrected chi connectivity index (χ4v) is 2.16. The van der Waals surface area contributed by atoms with Crippen LogP contribution < -0.4 is 5.32 Å². The average Bonchev–Trinajstić information content (AvgIpc) is 2.39. The average molecular weight is 276 g/mol. The molecule has 0 amide bonds. The van der Waals surface area contributed by atoms with Crippen molar-refractivity contribution in [3.63, 3.8) is 0 Å². The normalized spacial score (nSPS) is 19.4. The van der Waals surface area contributed by atoms with E-state index in [0.717, 1.165) is 12.1 Å². The maximum Gasteiger partial charge on any atom is 0.416 e. The zero-order valence-electron chi connectivity index (χ0n) is 10.4. The molecule has 1 unspecified atom stereocenters. The molecule has 0 radical (unpaired) electrons. The summed E-state index contributed by atoms with van der Waals surface area (Å²) in [6, 6.07) is 4.88. The molecular weight excluding hydrogens is 260 g/mol. The van der Waals surface area contributed by atoms with E-state index < -0.39 is 18.0 Å². The van der Waals surface area contributed by atoms with E-state index in [4.69, 9.17) is 0 Å². The van der Waals surface area contributed by atoms with Gasteiger partial charge in [-0.05, 0) is 11.6 Å². The Kier molecular flexibility index (Phi) is 4.42. The van der Waals surface area contributed by atoms with Gasteiger partial charge in [-0.2, -0.15) is 13.2 Å². The summed E-state index contributed by atoms with van der Waals surface area (Å²) >= 11 is 0. The lowest BCUT2D eigenvalue weighted by Crippen LogP contribution is -2.47. The molecule has 0 saturated carbocycles. The van der Waals surface area contributed by atoms with Crippen molar-refractivity contribution in [1.82, 2.24) is 10.2 Å². The molecule has 1 atom stereocenters. The van der Waals surface area contributed by atoms with Crippen LogP contribution in [0.25, 0.3) is 0 Å². The summed E-state index contributed by atoms with van der Waals surface area (Å²) in [4.78, 5) is 1.65. The second-order valence-corrected chi connectivity index (χ2v) is 4.62. The molecule has 1 N–H and O–H groups in total. The van der Waals surface area contributed by atoms with E-state index in [-0.39, 0.29) is 6.42 Å². The molecule has 1 aromatic rings. The number of alkyl halides is 4. The van der Waals surface area contributed by atoms with Gasteiger partial charge in [-0.15, -0.1) is 0 Å². The SMILES string of the molecule is FC(Cc1cccc(C(F)(F)F)c1)N1CCNCC1. The van der Waals surface area contributed by atoms with E-state index in [0.29, 0.717) is 31.7 Å². The first-order valence-electron chi connectivity index (χ1n) is 6.22. The molecule has 1 heterocycles. The topological polar surface area (TPSA) is 15.3 Å². The Hall–Kier alpha value is -1.14. The van der Waals surface area contributed by atoms with Crippen LogP contribution in [0.2, 0.25) is 0 Å². The van der Waals surface area contributed by atoms with Crippen LogP contribution in [0.4, 0.5) is 17.6 Å². The van der Waals surface area contributed by atoms with Gasteiger partial charge in [0, 0.05) is 32.6 Å². The van der Waals surface area contributed by atoms with Crippen LogP contribution >= 0.6 is 0 Å². The summed E-state index contributed by atoms with van der Waals surface area (Å²) in [5.74, 6) is 0. The van der Waals surface area contributed by atoms with Gasteiger partial charge in [0.2, 0.25) is 0 Å². The van der Waals surface area contributed by atoms with Crippen LogP contribution in [0.15, 0.2) is 24.3 Å². The molecule has 2 nitrogen and oxygen atoms in total. The van der Waals surface area contributed by atoms with Crippen molar-refractivity contribution in [2.24, 2.45) is 0 Å². The first-order chi connectivity index (χ1) is 8.97.